The molecule has 2 aliphatic heterocycles. The van der Waals surface area contributed by atoms with Crippen LogP contribution in [0.3, 0.4) is 0 Å². The average Bonchev–Trinajstić information content (AvgIpc) is 3.59. The van der Waals surface area contributed by atoms with Crippen LogP contribution in [0.2, 0.25) is 5.02 Å². The van der Waals surface area contributed by atoms with Crippen molar-refractivity contribution in [1.29, 1.82) is 0 Å². The minimum absolute atomic E-state index is 0.0152. The summed E-state index contributed by atoms with van der Waals surface area (Å²) in [6.45, 7) is 0. The Morgan fingerprint density at radius 2 is 1.78 bits per heavy atom. The Labute approximate surface area is 219 Å². The second kappa shape index (κ2) is 7.87. The van der Waals surface area contributed by atoms with Crippen LogP contribution in [0.1, 0.15) is 22.8 Å². The molecule has 36 heavy (non-hydrogen) atoms. The largest absolute Gasteiger partial charge is 0.504 e. The van der Waals surface area contributed by atoms with E-state index in [1.807, 2.05) is 12.1 Å². The molecule has 3 fully saturated rings. The van der Waals surface area contributed by atoms with Gasteiger partial charge in [-0.05, 0) is 66.1 Å². The molecule has 0 unspecified atom stereocenters. The number of ether oxygens (including phenoxy) is 1. The Balaban J connectivity index is 1.33. The number of carbonyl (C=O) groups is 2. The zero-order valence-corrected chi connectivity index (χ0v) is 21.4. The summed E-state index contributed by atoms with van der Waals surface area (Å²) in [5.74, 6) is -0.576. The van der Waals surface area contributed by atoms with E-state index in [1.54, 1.807) is 42.1 Å². The summed E-state index contributed by atoms with van der Waals surface area (Å²) in [6, 6.07) is 12.1. The summed E-state index contributed by atoms with van der Waals surface area (Å²) >= 11 is 8.89. The molecule has 3 aromatic rings. The average molecular weight is 541 g/mol. The molecule has 2 aliphatic carbocycles. The van der Waals surface area contributed by atoms with Gasteiger partial charge in [0, 0.05) is 21.1 Å². The summed E-state index contributed by atoms with van der Waals surface area (Å²) in [5, 5.41) is 11.7. The molecule has 1 aromatic heterocycles. The molecule has 2 bridgehead atoms. The van der Waals surface area contributed by atoms with Gasteiger partial charge in [0.1, 0.15) is 0 Å². The second-order valence-corrected chi connectivity index (χ2v) is 12.5. The molecule has 7 atom stereocenters. The Hall–Kier alpha value is -2.75. The standard InChI is InChI=1S/C26H21ClN2O5S2/c1-34-16-8-10(2-7-15(16)30)17-18-13-9-14(21(18)35-23-22(17)36-26(33)28-23)20-19(13)24(31)29(25(20)32)12-5-3-11(27)4-6-12/h2-8,13-14,17-21,30H,9H2,1H3,(H,28,33)/t13-,14+,17-,18+,19+,20+,21-/m0/s1. The molecule has 2 aromatic carbocycles. The van der Waals surface area contributed by atoms with E-state index in [0.29, 0.717) is 16.5 Å². The lowest BCUT2D eigenvalue weighted by molar-refractivity contribution is -0.123. The maximum atomic E-state index is 13.7. The van der Waals surface area contributed by atoms with Crippen molar-refractivity contribution in [2.24, 2.45) is 29.6 Å². The lowest BCUT2D eigenvalue weighted by atomic mass is 9.68. The number of H-pyrrole nitrogens is 1. The van der Waals surface area contributed by atoms with Gasteiger partial charge in [0.15, 0.2) is 11.5 Å². The molecule has 10 heteroatoms. The third-order valence-corrected chi connectivity index (χ3v) is 11.2. The molecular formula is C26H21ClN2O5S2. The first-order valence-electron chi connectivity index (χ1n) is 11.8. The summed E-state index contributed by atoms with van der Waals surface area (Å²) in [5.41, 5.74) is 1.49. The number of benzene rings is 2. The highest BCUT2D eigenvalue weighted by Gasteiger charge is 2.69. The summed E-state index contributed by atoms with van der Waals surface area (Å²) < 4.78 is 5.38. The van der Waals surface area contributed by atoms with Crippen LogP contribution >= 0.6 is 34.7 Å². The van der Waals surface area contributed by atoms with Crippen molar-refractivity contribution in [1.82, 2.24) is 4.98 Å². The Morgan fingerprint density at radius 3 is 2.50 bits per heavy atom. The van der Waals surface area contributed by atoms with E-state index in [4.69, 9.17) is 16.3 Å². The Morgan fingerprint density at radius 1 is 1.06 bits per heavy atom. The number of amides is 2. The molecule has 0 spiro atoms. The van der Waals surface area contributed by atoms with Crippen LogP contribution in [-0.4, -0.2) is 34.3 Å². The van der Waals surface area contributed by atoms with E-state index >= 15 is 0 Å². The van der Waals surface area contributed by atoms with Gasteiger partial charge in [0.2, 0.25) is 11.8 Å². The van der Waals surface area contributed by atoms with Gasteiger partial charge in [0.25, 0.3) is 0 Å². The monoisotopic (exact) mass is 540 g/mol. The van der Waals surface area contributed by atoms with Gasteiger partial charge in [-0.2, -0.15) is 0 Å². The topological polar surface area (TPSA) is 99.7 Å². The third kappa shape index (κ3) is 2.96. The minimum Gasteiger partial charge on any atom is -0.504 e. The summed E-state index contributed by atoms with van der Waals surface area (Å²) in [6.07, 6.45) is 0.814. The third-order valence-electron chi connectivity index (χ3n) is 8.37. The van der Waals surface area contributed by atoms with Gasteiger partial charge >= 0.3 is 4.87 Å². The first kappa shape index (κ1) is 22.4. The fourth-order valence-electron chi connectivity index (χ4n) is 7.12. The van der Waals surface area contributed by atoms with Gasteiger partial charge in [-0.25, -0.2) is 0 Å². The lowest BCUT2D eigenvalue weighted by Gasteiger charge is -2.43. The van der Waals surface area contributed by atoms with Crippen molar-refractivity contribution >= 4 is 52.2 Å². The number of imide groups is 1. The zero-order chi connectivity index (χ0) is 24.9. The van der Waals surface area contributed by atoms with Gasteiger partial charge in [-0.3, -0.25) is 19.3 Å². The van der Waals surface area contributed by atoms with Crippen molar-refractivity contribution in [2.75, 3.05) is 12.0 Å². The number of methoxy groups -OCH3 is 1. The molecule has 3 heterocycles. The molecule has 7 rings (SSSR count). The van der Waals surface area contributed by atoms with Crippen LogP contribution in [0.5, 0.6) is 11.5 Å². The maximum absolute atomic E-state index is 13.7. The highest BCUT2D eigenvalue weighted by Crippen LogP contribution is 2.68. The van der Waals surface area contributed by atoms with E-state index in [9.17, 15) is 19.5 Å². The number of thiazole rings is 1. The highest BCUT2D eigenvalue weighted by molar-refractivity contribution is 8.00. The molecule has 2 saturated carbocycles. The fourth-order valence-corrected chi connectivity index (χ4v) is 10.1. The quantitative estimate of drug-likeness (QED) is 0.475. The smallest absolute Gasteiger partial charge is 0.305 e. The minimum atomic E-state index is -0.376. The first-order chi connectivity index (χ1) is 17.4. The SMILES string of the molecule is COc1cc([C@@H]2c3sc(=O)[nH]c3S[C@H]3[C@@H]4C[C@H]([C@H]5C(=O)N(c6ccc(Cl)cc6)C(=O)[C@H]45)[C@H]23)ccc1O. The molecule has 7 nitrogen and oxygen atoms in total. The van der Waals surface area contributed by atoms with Crippen LogP contribution in [0.15, 0.2) is 52.3 Å². The second-order valence-electron chi connectivity index (χ2n) is 9.88. The number of nitrogens with one attached hydrogen (secondary N) is 1. The maximum Gasteiger partial charge on any atom is 0.305 e. The molecule has 0 radical (unpaired) electrons. The predicted octanol–water partition coefficient (Wildman–Crippen LogP) is 4.48. The normalized spacial score (nSPS) is 31.9. The van der Waals surface area contributed by atoms with Crippen LogP contribution in [-0.2, 0) is 9.59 Å². The van der Waals surface area contributed by atoms with E-state index in [1.165, 1.54) is 23.3 Å². The van der Waals surface area contributed by atoms with Crippen LogP contribution in [0, 0.1) is 29.6 Å². The van der Waals surface area contributed by atoms with Gasteiger partial charge in [-0.15, -0.1) is 11.8 Å². The number of thioether (sulfide) groups is 1. The highest BCUT2D eigenvalue weighted by atomic mass is 35.5. The predicted molar refractivity (Wildman–Crippen MR) is 137 cm³/mol. The van der Waals surface area contributed by atoms with E-state index in [2.05, 4.69) is 4.98 Å². The molecule has 1 saturated heterocycles. The number of aromatic hydroxyl groups is 1. The molecule has 2 amide bonds. The van der Waals surface area contributed by atoms with Crippen molar-refractivity contribution in [3.63, 3.8) is 0 Å². The lowest BCUT2D eigenvalue weighted by Crippen LogP contribution is -2.42. The number of aromatic amines is 1. The van der Waals surface area contributed by atoms with Gasteiger partial charge in [-0.1, -0.05) is 29.0 Å². The number of anilines is 1. The van der Waals surface area contributed by atoms with Gasteiger partial charge in [0.05, 0.1) is 29.7 Å². The fraction of sp³-hybridized carbons (Fsp3) is 0.346. The van der Waals surface area contributed by atoms with E-state index in [-0.39, 0.29) is 63.2 Å². The van der Waals surface area contributed by atoms with Crippen LogP contribution < -0.4 is 14.5 Å². The van der Waals surface area contributed by atoms with Crippen molar-refractivity contribution in [3.05, 3.63) is 67.6 Å². The first-order valence-corrected chi connectivity index (χ1v) is 13.8. The van der Waals surface area contributed by atoms with Crippen LogP contribution in [0.4, 0.5) is 5.69 Å². The number of halogens is 1. The number of rotatable bonds is 3. The number of hydrogen-bond donors (Lipinski definition) is 2. The number of carbonyl (C=O) groups excluding carboxylic acids is 2. The van der Waals surface area contributed by atoms with E-state index < -0.39 is 0 Å². The Kier molecular flexibility index (Phi) is 4.91. The van der Waals surface area contributed by atoms with Crippen molar-refractivity contribution in [2.45, 2.75) is 22.6 Å². The van der Waals surface area contributed by atoms with Gasteiger partial charge < -0.3 is 14.8 Å². The molecule has 2 N–H and O–H groups in total. The summed E-state index contributed by atoms with van der Waals surface area (Å²) in [7, 11) is 1.51. The number of phenols is 1. The van der Waals surface area contributed by atoms with Crippen molar-refractivity contribution < 1.29 is 19.4 Å². The number of nitrogens with zero attached hydrogens (tertiary/aromatic N) is 1. The number of phenolic OH excluding ortho intramolecular Hbond substituents is 1. The number of aromatic nitrogens is 1. The number of fused-ring (bicyclic) bond motifs is 9. The Bertz CT molecular complexity index is 1480. The molecule has 184 valence electrons. The van der Waals surface area contributed by atoms with Crippen molar-refractivity contribution in [3.8, 4) is 11.5 Å². The molecule has 4 aliphatic rings. The van der Waals surface area contributed by atoms with Crippen LogP contribution in [0.25, 0.3) is 0 Å². The summed E-state index contributed by atoms with van der Waals surface area (Å²) in [4.78, 5) is 45.0. The molecular weight excluding hydrogens is 520 g/mol. The van der Waals surface area contributed by atoms with E-state index in [0.717, 1.165) is 21.9 Å². The zero-order valence-electron chi connectivity index (χ0n) is 19.0. The number of hydrogen-bond acceptors (Lipinski definition) is 7.